The van der Waals surface area contributed by atoms with Crippen LogP contribution in [0, 0.1) is 50.2 Å². The zero-order valence-corrected chi connectivity index (χ0v) is 51.0. The molecule has 4 saturated carbocycles. The van der Waals surface area contributed by atoms with E-state index in [9.17, 15) is 90.7 Å². The number of aliphatic carboxylic acids is 1. The van der Waals surface area contributed by atoms with Gasteiger partial charge in [-0.05, 0) is 92.8 Å². The van der Waals surface area contributed by atoms with E-state index in [0.29, 0.717) is 37.7 Å². The normalized spacial score (nSPS) is 51.1. The fraction of sp³-hybridized carbons (Fsp3) is 0.867. The number of aliphatic hydroxyl groups is 13. The number of hydrogen-bond donors (Lipinski definition) is 14. The summed E-state index contributed by atoms with van der Waals surface area (Å²) in [5.74, 6) is -4.25. The van der Waals surface area contributed by atoms with E-state index in [1.807, 2.05) is 13.8 Å². The summed E-state index contributed by atoms with van der Waals surface area (Å²) < 4.78 is 60.1. The van der Waals surface area contributed by atoms with E-state index >= 15 is 0 Å². The molecule has 88 heavy (non-hydrogen) atoms. The quantitative estimate of drug-likeness (QED) is 0.0254. The number of esters is 2. The third kappa shape index (κ3) is 11.4. The summed E-state index contributed by atoms with van der Waals surface area (Å²) in [4.78, 5) is 53.4. The summed E-state index contributed by atoms with van der Waals surface area (Å²) in [6, 6.07) is 0. The van der Waals surface area contributed by atoms with E-state index in [2.05, 4.69) is 26.8 Å². The van der Waals surface area contributed by atoms with Gasteiger partial charge in [-0.15, -0.1) is 0 Å². The molecule has 4 aliphatic heterocycles. The Hall–Kier alpha value is -3.28. The minimum absolute atomic E-state index is 0.0926. The molecule has 0 unspecified atom stereocenters. The number of carboxylic acid groups (broad SMARTS) is 1. The summed E-state index contributed by atoms with van der Waals surface area (Å²) >= 11 is 0. The zero-order valence-electron chi connectivity index (χ0n) is 51.0. The van der Waals surface area contributed by atoms with E-state index in [0.717, 1.165) is 11.9 Å². The average Bonchev–Trinajstić information content (AvgIpc) is 0.701. The molecule has 0 spiro atoms. The largest absolute Gasteiger partial charge is 0.479 e. The Labute approximate surface area is 509 Å². The van der Waals surface area contributed by atoms with Gasteiger partial charge in [0.15, 0.2) is 37.6 Å². The van der Waals surface area contributed by atoms with Gasteiger partial charge in [0, 0.05) is 24.3 Å². The molecule has 0 radical (unpaired) electrons. The van der Waals surface area contributed by atoms with Crippen molar-refractivity contribution >= 4 is 24.2 Å². The topological polar surface area (TPSA) is 444 Å². The van der Waals surface area contributed by atoms with Crippen LogP contribution in [0.5, 0.6) is 0 Å². The van der Waals surface area contributed by atoms with Crippen molar-refractivity contribution in [3.05, 3.63) is 23.3 Å². The van der Waals surface area contributed by atoms with Crippen molar-refractivity contribution in [2.75, 3.05) is 19.8 Å². The molecule has 0 aromatic rings. The Morgan fingerprint density at radius 1 is 0.682 bits per heavy atom. The monoisotopic (exact) mass is 1260 g/mol. The number of ether oxygens (including phenoxy) is 10. The highest BCUT2D eigenvalue weighted by Gasteiger charge is 2.74. The summed E-state index contributed by atoms with van der Waals surface area (Å²) in [7, 11) is 0. The van der Waals surface area contributed by atoms with Gasteiger partial charge >= 0.3 is 17.9 Å². The Morgan fingerprint density at radius 2 is 1.28 bits per heavy atom. The van der Waals surface area contributed by atoms with Crippen LogP contribution in [0.2, 0.25) is 0 Å². The number of allylic oxidation sites excluding steroid dienone is 3. The first kappa shape index (κ1) is 69.1. The Bertz CT molecular complexity index is 2600. The second-order valence-electron chi connectivity index (χ2n) is 27.8. The first-order valence-electron chi connectivity index (χ1n) is 30.5. The molecule has 0 aromatic carbocycles. The molecule has 4 saturated heterocycles. The van der Waals surface area contributed by atoms with Crippen molar-refractivity contribution in [3.63, 3.8) is 0 Å². The van der Waals surface area contributed by atoms with Gasteiger partial charge in [0.1, 0.15) is 104 Å². The van der Waals surface area contributed by atoms with Crippen molar-refractivity contribution in [1.82, 2.24) is 0 Å². The maximum atomic E-state index is 14.2. The lowest BCUT2D eigenvalue weighted by Gasteiger charge is -2.72. The van der Waals surface area contributed by atoms with Crippen LogP contribution in [0.4, 0.5) is 0 Å². The summed E-state index contributed by atoms with van der Waals surface area (Å²) in [5.41, 5.74) is -4.52. The van der Waals surface area contributed by atoms with Crippen LogP contribution in [0.3, 0.4) is 0 Å². The first-order valence-corrected chi connectivity index (χ1v) is 30.5. The van der Waals surface area contributed by atoms with Crippen LogP contribution in [-0.4, -0.2) is 257 Å². The highest BCUT2D eigenvalue weighted by atomic mass is 16.8. The molecule has 500 valence electrons. The minimum atomic E-state index is -2.32. The van der Waals surface area contributed by atoms with Crippen LogP contribution >= 0.6 is 0 Å². The van der Waals surface area contributed by atoms with Crippen LogP contribution in [0.15, 0.2) is 23.3 Å². The molecule has 9 rings (SSSR count). The molecule has 9 aliphatic rings. The van der Waals surface area contributed by atoms with Crippen LogP contribution in [0.25, 0.3) is 0 Å². The van der Waals surface area contributed by atoms with Gasteiger partial charge in [0.2, 0.25) is 0 Å². The number of carboxylic acids is 1. The van der Waals surface area contributed by atoms with Crippen molar-refractivity contribution in [2.45, 2.75) is 255 Å². The Kier molecular flexibility index (Phi) is 20.1. The number of carbonyl (C=O) groups is 4. The van der Waals surface area contributed by atoms with Crippen molar-refractivity contribution in [1.29, 1.82) is 0 Å². The van der Waals surface area contributed by atoms with Gasteiger partial charge < -0.3 is 124 Å². The van der Waals surface area contributed by atoms with Crippen molar-refractivity contribution in [2.24, 2.45) is 50.2 Å². The van der Waals surface area contributed by atoms with E-state index < -0.39 is 223 Å². The molecular weight excluding hydrogens is 1170 g/mol. The number of aldehydes is 1. The standard InChI is InChI=1S/C60H92O28/c1-10-24(2)49(77)87-47-46(74)60(23-79-25(3)64)27(18-55(47,4)5)26-11-12-33-56(6)15-14-35(57(7,22-63)32(56)13-16-58(33,8)59(26,9)19-34(60)66)83-54-45(86-53-41(72)39(70)37(68)31(21-62)82-53)43(42(73)44(85-54)48(75)76)84-51-29(17-28(65)50(78)88-51)80-52-40(71)38(69)36(67)30(20-61)81-52/h10-11,22,27-47,50-54,61-62,65-74,78H,12-21,23H2,1-9H3,(H,75,76)/b24-10+/t27-,28+,29+,30+,31+,32+,33+,34+,35-,36+,37-,38-,39-,40+,41+,42-,43-,44-,45+,46-,47-,50-,51+,52+,53-,54+,56-,57-,58+,59+,60-/m0/s1. The number of fused-ring (bicyclic) bond motifs is 7. The predicted molar refractivity (Wildman–Crippen MR) is 294 cm³/mol. The molecule has 0 bridgehead atoms. The first-order chi connectivity index (χ1) is 41.1. The van der Waals surface area contributed by atoms with Gasteiger partial charge in [-0.3, -0.25) is 4.79 Å². The van der Waals surface area contributed by atoms with Crippen LogP contribution in [0.1, 0.15) is 114 Å². The number of hydrogen-bond acceptors (Lipinski definition) is 27. The van der Waals surface area contributed by atoms with Gasteiger partial charge in [0.05, 0.1) is 36.3 Å². The van der Waals surface area contributed by atoms with Crippen LogP contribution < -0.4 is 0 Å². The predicted octanol–water partition coefficient (Wildman–Crippen LogP) is -2.30. The molecule has 4 heterocycles. The van der Waals surface area contributed by atoms with Gasteiger partial charge in [-0.1, -0.05) is 59.3 Å². The lowest BCUT2D eigenvalue weighted by atomic mass is 9.33. The maximum absolute atomic E-state index is 14.2. The molecule has 0 amide bonds. The van der Waals surface area contributed by atoms with E-state index in [1.54, 1.807) is 26.8 Å². The Balaban J connectivity index is 1.05. The molecule has 31 atom stereocenters. The summed E-state index contributed by atoms with van der Waals surface area (Å²) in [6.07, 6.45) is -35.9. The van der Waals surface area contributed by atoms with Crippen molar-refractivity contribution in [3.8, 4) is 0 Å². The molecular formula is C60H92O28. The molecule has 8 fully saturated rings. The summed E-state index contributed by atoms with van der Waals surface area (Å²) in [6.45, 7) is 14.3. The minimum Gasteiger partial charge on any atom is -0.479 e. The fourth-order valence-corrected chi connectivity index (χ4v) is 17.2. The third-order valence-electron chi connectivity index (χ3n) is 22.6. The molecule has 14 N–H and O–H groups in total. The lowest BCUT2D eigenvalue weighted by Crippen LogP contribution is -2.72. The molecule has 5 aliphatic carbocycles. The number of aliphatic hydroxyl groups excluding tert-OH is 13. The number of carbonyl (C=O) groups excluding carboxylic acids is 3. The SMILES string of the molecule is C/C=C(\C)C(=O)O[C@H]1[C@H](O)[C@]2(COC(C)=O)[C@H](O)C[C@]3(C)C(=CC[C@@H]4[C@@]5(C)CC[C@H](O[C@@H]6O[C@H](C(=O)O)[C@@H](O)[C@H](O[C@@H]7O[C@H](O)[C@H](O)C[C@H]7O[C@@H]7O[C@H](CO)[C@@H](O)[C@H](O)[C@H]7O)[C@H]6O[C@@H]6O[C@H](CO)[C@H](O)[C@H](O)[C@H]6O)[C@@](C)(C=O)[C@@H]5CC[C@]43C)[C@@H]2CC1(C)C. The molecule has 0 aromatic heterocycles. The van der Waals surface area contributed by atoms with Gasteiger partial charge in [-0.2, -0.15) is 0 Å². The highest BCUT2D eigenvalue weighted by Crippen LogP contribution is 2.76. The number of rotatable bonds is 16. The second-order valence-corrected chi connectivity index (χ2v) is 27.8. The van der Waals surface area contributed by atoms with E-state index in [-0.39, 0.29) is 25.4 Å². The second kappa shape index (κ2) is 25.6. The Morgan fingerprint density at radius 3 is 1.85 bits per heavy atom. The van der Waals surface area contributed by atoms with Gasteiger partial charge in [0.25, 0.3) is 0 Å². The third-order valence-corrected chi connectivity index (χ3v) is 22.6. The highest BCUT2D eigenvalue weighted by molar-refractivity contribution is 5.87. The lowest BCUT2D eigenvalue weighted by molar-refractivity contribution is -0.407. The zero-order chi connectivity index (χ0) is 64.9. The molecule has 28 heteroatoms. The smallest absolute Gasteiger partial charge is 0.335 e. The van der Waals surface area contributed by atoms with E-state index in [4.69, 9.17) is 47.4 Å². The van der Waals surface area contributed by atoms with E-state index in [1.165, 1.54) is 6.92 Å². The molecule has 28 nitrogen and oxygen atoms in total. The fourth-order valence-electron chi connectivity index (χ4n) is 17.2. The van der Waals surface area contributed by atoms with Crippen LogP contribution in [-0.2, 0) is 66.5 Å². The van der Waals surface area contributed by atoms with Crippen molar-refractivity contribution < 1.29 is 138 Å². The summed E-state index contributed by atoms with van der Waals surface area (Å²) in [5, 5.41) is 155. The van der Waals surface area contributed by atoms with Gasteiger partial charge in [-0.25, -0.2) is 9.59 Å². The average molecular weight is 1260 g/mol. The maximum Gasteiger partial charge on any atom is 0.335 e.